The van der Waals surface area contributed by atoms with Gasteiger partial charge in [0.05, 0.1) is 12.1 Å². The molecule has 0 radical (unpaired) electrons. The van der Waals surface area contributed by atoms with Crippen LogP contribution in [0.15, 0.2) is 42.5 Å². The van der Waals surface area contributed by atoms with Crippen LogP contribution in [0.3, 0.4) is 0 Å². The van der Waals surface area contributed by atoms with Crippen molar-refractivity contribution < 1.29 is 19.5 Å². The zero-order valence-corrected chi connectivity index (χ0v) is 21.9. The van der Waals surface area contributed by atoms with Gasteiger partial charge in [-0.05, 0) is 73.9 Å². The van der Waals surface area contributed by atoms with Gasteiger partial charge in [0.15, 0.2) is 0 Å². The third-order valence-corrected chi connectivity index (χ3v) is 8.63. The first kappa shape index (κ1) is 25.8. The van der Waals surface area contributed by atoms with Gasteiger partial charge in [-0.3, -0.25) is 9.59 Å². The smallest absolute Gasteiger partial charge is 0.407 e. The van der Waals surface area contributed by atoms with E-state index in [4.69, 9.17) is 28.3 Å². The lowest BCUT2D eigenvalue weighted by molar-refractivity contribution is -0.131. The summed E-state index contributed by atoms with van der Waals surface area (Å²) in [6.07, 6.45) is 3.02. The molecule has 2 aromatic rings. The molecule has 0 spiro atoms. The van der Waals surface area contributed by atoms with Crippen LogP contribution in [0.1, 0.15) is 43.2 Å². The van der Waals surface area contributed by atoms with Gasteiger partial charge < -0.3 is 26.0 Å². The van der Waals surface area contributed by atoms with Gasteiger partial charge in [-0.1, -0.05) is 41.4 Å². The summed E-state index contributed by atoms with van der Waals surface area (Å²) in [6, 6.07) is 13.0. The molecule has 8 nitrogen and oxygen atoms in total. The molecule has 3 aliphatic rings. The lowest BCUT2D eigenvalue weighted by Crippen LogP contribution is -2.70. The second-order valence-corrected chi connectivity index (χ2v) is 11.1. The number of carbonyl (C=O) groups is 3. The Labute approximate surface area is 225 Å². The van der Waals surface area contributed by atoms with Gasteiger partial charge in [0, 0.05) is 34.9 Å². The van der Waals surface area contributed by atoms with Gasteiger partial charge in [0.25, 0.3) is 0 Å². The molecule has 37 heavy (non-hydrogen) atoms. The van der Waals surface area contributed by atoms with Gasteiger partial charge in [-0.25, -0.2) is 4.79 Å². The van der Waals surface area contributed by atoms with Crippen LogP contribution in [0.2, 0.25) is 10.0 Å². The van der Waals surface area contributed by atoms with Crippen LogP contribution in [0.5, 0.6) is 0 Å². The van der Waals surface area contributed by atoms with Crippen LogP contribution in [-0.4, -0.2) is 59.1 Å². The standard InChI is InChI=1S/C27H30Cl2N4O4/c28-18-4-1-3-17(13-18)15-27(21-6-5-19(29)14-22(21)31-24(27)35)26(9-2-10-26)32-23(34)16-30-20-7-11-33(12-8-20)25(36)37/h1,3-6,13-14,20,30H,2,7-12,15-16H2,(H,31,35)(H,32,34)(H,36,37). The minimum absolute atomic E-state index is 0.0664. The van der Waals surface area contributed by atoms with Crippen molar-refractivity contribution in [2.45, 2.75) is 55.5 Å². The van der Waals surface area contributed by atoms with Crippen LogP contribution in [0.4, 0.5) is 10.5 Å². The molecule has 0 bridgehead atoms. The Morgan fingerprint density at radius 2 is 1.81 bits per heavy atom. The quantitative estimate of drug-likeness (QED) is 0.417. The highest BCUT2D eigenvalue weighted by molar-refractivity contribution is 6.31. The summed E-state index contributed by atoms with van der Waals surface area (Å²) in [5.74, 6) is -0.334. The molecule has 1 saturated carbocycles. The summed E-state index contributed by atoms with van der Waals surface area (Å²) in [5.41, 5.74) is 0.635. The maximum Gasteiger partial charge on any atom is 0.407 e. The number of anilines is 1. The molecule has 2 fully saturated rings. The van der Waals surface area contributed by atoms with Crippen LogP contribution < -0.4 is 16.0 Å². The van der Waals surface area contributed by atoms with Crippen molar-refractivity contribution in [1.29, 1.82) is 0 Å². The van der Waals surface area contributed by atoms with Gasteiger partial charge in [0.2, 0.25) is 11.8 Å². The molecular weight excluding hydrogens is 515 g/mol. The SMILES string of the molecule is O=C(CNC1CCN(C(=O)O)CC1)NC1(C2(Cc3cccc(Cl)c3)C(=O)Nc3cc(Cl)ccc32)CCC1. The van der Waals surface area contributed by atoms with E-state index in [1.54, 1.807) is 18.2 Å². The molecule has 10 heteroatoms. The molecule has 2 aliphatic heterocycles. The van der Waals surface area contributed by atoms with Crippen molar-refractivity contribution in [1.82, 2.24) is 15.5 Å². The van der Waals surface area contributed by atoms with Crippen LogP contribution >= 0.6 is 23.2 Å². The molecule has 0 aromatic heterocycles. The van der Waals surface area contributed by atoms with Crippen LogP contribution in [0, 0.1) is 0 Å². The number of carbonyl (C=O) groups excluding carboxylic acids is 2. The third-order valence-electron chi connectivity index (χ3n) is 8.16. The fourth-order valence-electron chi connectivity index (χ4n) is 6.13. The topological polar surface area (TPSA) is 111 Å². The highest BCUT2D eigenvalue weighted by Crippen LogP contribution is 2.55. The lowest BCUT2D eigenvalue weighted by atomic mass is 9.54. The largest absolute Gasteiger partial charge is 0.465 e. The van der Waals surface area contributed by atoms with E-state index in [2.05, 4.69) is 16.0 Å². The highest BCUT2D eigenvalue weighted by Gasteiger charge is 2.63. The molecule has 2 heterocycles. The number of nitrogens with zero attached hydrogens (tertiary/aromatic N) is 1. The Balaban J connectivity index is 1.39. The summed E-state index contributed by atoms with van der Waals surface area (Å²) >= 11 is 12.5. The predicted octanol–water partition coefficient (Wildman–Crippen LogP) is 4.20. The summed E-state index contributed by atoms with van der Waals surface area (Å²) in [4.78, 5) is 39.7. The van der Waals surface area contributed by atoms with E-state index in [0.717, 1.165) is 17.5 Å². The molecule has 5 rings (SSSR count). The average molecular weight is 545 g/mol. The molecule has 1 saturated heterocycles. The molecule has 1 atom stereocenters. The van der Waals surface area contributed by atoms with Crippen molar-refractivity contribution >= 4 is 46.8 Å². The molecular formula is C27H30Cl2N4O4. The van der Waals surface area contributed by atoms with Crippen molar-refractivity contribution in [3.05, 3.63) is 63.6 Å². The molecule has 2 aromatic carbocycles. The number of piperidine rings is 1. The number of halogens is 2. The number of hydrogen-bond donors (Lipinski definition) is 4. The predicted molar refractivity (Wildman–Crippen MR) is 142 cm³/mol. The molecule has 196 valence electrons. The number of carboxylic acid groups (broad SMARTS) is 1. The van der Waals surface area contributed by atoms with Gasteiger partial charge in [-0.15, -0.1) is 0 Å². The Kier molecular flexibility index (Phi) is 7.09. The minimum atomic E-state index is -1.02. The van der Waals surface area contributed by atoms with E-state index in [9.17, 15) is 14.4 Å². The van der Waals surface area contributed by atoms with Crippen LogP contribution in [0.25, 0.3) is 0 Å². The maximum atomic E-state index is 13.9. The van der Waals surface area contributed by atoms with Crippen molar-refractivity contribution in [3.63, 3.8) is 0 Å². The number of fused-ring (bicyclic) bond motifs is 1. The summed E-state index contributed by atoms with van der Waals surface area (Å²) < 4.78 is 0. The number of rotatable bonds is 7. The van der Waals surface area contributed by atoms with E-state index in [-0.39, 0.29) is 24.4 Å². The van der Waals surface area contributed by atoms with E-state index in [0.29, 0.717) is 60.9 Å². The van der Waals surface area contributed by atoms with E-state index in [1.807, 2.05) is 24.3 Å². The average Bonchev–Trinajstić information content (AvgIpc) is 3.11. The maximum absolute atomic E-state index is 13.9. The van der Waals surface area contributed by atoms with Crippen molar-refractivity contribution in [3.8, 4) is 0 Å². The first-order valence-corrected chi connectivity index (χ1v) is 13.4. The van der Waals surface area contributed by atoms with Crippen molar-refractivity contribution in [2.75, 3.05) is 25.0 Å². The fourth-order valence-corrected chi connectivity index (χ4v) is 6.51. The monoisotopic (exact) mass is 544 g/mol. The number of likely N-dealkylation sites (tertiary alicyclic amines) is 1. The Hall–Kier alpha value is -2.81. The normalized spacial score (nSPS) is 22.6. The first-order chi connectivity index (χ1) is 17.7. The second-order valence-electron chi connectivity index (χ2n) is 10.3. The lowest BCUT2D eigenvalue weighted by Gasteiger charge is -2.54. The van der Waals surface area contributed by atoms with E-state index < -0.39 is 17.0 Å². The molecule has 1 aliphatic carbocycles. The second kappa shape index (κ2) is 10.2. The van der Waals surface area contributed by atoms with Gasteiger partial charge >= 0.3 is 6.09 Å². The zero-order valence-electron chi connectivity index (χ0n) is 20.4. The van der Waals surface area contributed by atoms with Gasteiger partial charge in [-0.2, -0.15) is 0 Å². The number of hydrogen-bond acceptors (Lipinski definition) is 4. The Bertz CT molecular complexity index is 1230. The van der Waals surface area contributed by atoms with Crippen LogP contribution in [-0.2, 0) is 21.4 Å². The molecule has 4 N–H and O–H groups in total. The Morgan fingerprint density at radius 3 is 2.46 bits per heavy atom. The molecule has 1 unspecified atom stereocenters. The summed E-state index contributed by atoms with van der Waals surface area (Å²) in [7, 11) is 0. The molecule has 3 amide bonds. The van der Waals surface area contributed by atoms with E-state index >= 15 is 0 Å². The summed E-state index contributed by atoms with van der Waals surface area (Å²) in [5, 5.41) is 19.9. The van der Waals surface area contributed by atoms with Crippen molar-refractivity contribution in [2.24, 2.45) is 0 Å². The number of amides is 3. The number of nitrogens with one attached hydrogen (secondary N) is 3. The first-order valence-electron chi connectivity index (χ1n) is 12.6. The van der Waals surface area contributed by atoms with Gasteiger partial charge in [0.1, 0.15) is 5.41 Å². The summed E-state index contributed by atoms with van der Waals surface area (Å²) in [6.45, 7) is 0.990. The third kappa shape index (κ3) is 4.78. The minimum Gasteiger partial charge on any atom is -0.465 e. The highest BCUT2D eigenvalue weighted by atomic mass is 35.5. The zero-order chi connectivity index (χ0) is 26.2. The number of benzene rings is 2. The van der Waals surface area contributed by atoms with E-state index in [1.165, 1.54) is 4.90 Å². The fraction of sp³-hybridized carbons (Fsp3) is 0.444. The Morgan fingerprint density at radius 1 is 1.08 bits per heavy atom.